The van der Waals surface area contributed by atoms with Gasteiger partial charge in [-0.3, -0.25) is 4.79 Å². The van der Waals surface area contributed by atoms with Crippen LogP contribution in [0.2, 0.25) is 0 Å². The summed E-state index contributed by atoms with van der Waals surface area (Å²) in [4.78, 5) is 15.1. The molecule has 21 heavy (non-hydrogen) atoms. The molecule has 4 heteroatoms. The molecular weight excluding hydrogens is 280 g/mol. The molecule has 1 unspecified atom stereocenters. The zero-order chi connectivity index (χ0) is 14.8. The number of fused-ring (bicyclic) bond motifs is 1. The average Bonchev–Trinajstić information content (AvgIpc) is 2.91. The molecule has 1 aliphatic heterocycles. The number of nitrogens with one attached hydrogen (secondary N) is 2. The number of benzene rings is 1. The van der Waals surface area contributed by atoms with Crippen LogP contribution in [0.4, 0.5) is 5.69 Å². The second kappa shape index (κ2) is 6.00. The zero-order valence-corrected chi connectivity index (χ0v) is 13.3. The molecule has 0 saturated heterocycles. The van der Waals surface area contributed by atoms with Crippen molar-refractivity contribution in [2.24, 2.45) is 0 Å². The van der Waals surface area contributed by atoms with Gasteiger partial charge in [-0.1, -0.05) is 12.1 Å². The minimum Gasteiger partial charge on any atom is -0.321 e. The van der Waals surface area contributed by atoms with E-state index in [9.17, 15) is 4.79 Å². The van der Waals surface area contributed by atoms with Crippen LogP contribution in [0, 0.1) is 6.92 Å². The van der Waals surface area contributed by atoms with Crippen molar-refractivity contribution in [2.45, 2.75) is 26.3 Å². The van der Waals surface area contributed by atoms with Crippen LogP contribution < -0.4 is 10.2 Å². The molecule has 0 saturated carbocycles. The van der Waals surface area contributed by atoms with E-state index in [1.54, 1.807) is 0 Å². The van der Waals surface area contributed by atoms with Gasteiger partial charge in [-0.2, -0.15) is 0 Å². The molecule has 1 aromatic heterocycles. The number of hydrogen-bond acceptors (Lipinski definition) is 2. The molecule has 2 N–H and O–H groups in total. The normalized spacial score (nSPS) is 20.9. The summed E-state index contributed by atoms with van der Waals surface area (Å²) in [6.45, 7) is 5.83. The third-order valence-corrected chi connectivity index (χ3v) is 5.22. The Bertz CT molecular complexity index is 650. The lowest BCUT2D eigenvalue weighted by Gasteiger charge is -2.29. The Hall–Kier alpha value is -1.65. The van der Waals surface area contributed by atoms with Crippen LogP contribution in [0.1, 0.15) is 29.0 Å². The monoisotopic (exact) mass is 301 g/mol. The Kier molecular flexibility index (Phi) is 4.08. The summed E-state index contributed by atoms with van der Waals surface area (Å²) in [5.41, 5.74) is 3.47. The Morgan fingerprint density at radius 3 is 3.10 bits per heavy atom. The highest BCUT2D eigenvalue weighted by molar-refractivity contribution is 7.10. The van der Waals surface area contributed by atoms with Crippen LogP contribution in [-0.2, 0) is 11.2 Å². The summed E-state index contributed by atoms with van der Waals surface area (Å²) in [5, 5.41) is 5.17. The molecule has 2 heterocycles. The lowest BCUT2D eigenvalue weighted by molar-refractivity contribution is -0.923. The number of carbonyl (C=O) groups excluding carboxylic acids is 1. The maximum absolute atomic E-state index is 12.3. The second-order valence-electron chi connectivity index (χ2n) is 5.77. The number of amides is 1. The molecule has 1 aliphatic rings. The summed E-state index contributed by atoms with van der Waals surface area (Å²) in [6, 6.07) is 10.6. The largest absolute Gasteiger partial charge is 0.321 e. The minimum atomic E-state index is 0.0983. The molecule has 1 aromatic carbocycles. The van der Waals surface area contributed by atoms with Gasteiger partial charge in [-0.05, 0) is 43.0 Å². The molecule has 3 nitrogen and oxygen atoms in total. The van der Waals surface area contributed by atoms with Gasteiger partial charge in [0.15, 0.2) is 6.54 Å². The summed E-state index contributed by atoms with van der Waals surface area (Å²) in [7, 11) is 0. The highest BCUT2D eigenvalue weighted by atomic mass is 32.1. The Balaban J connectivity index is 1.63. The van der Waals surface area contributed by atoms with E-state index in [0.29, 0.717) is 12.6 Å². The van der Waals surface area contributed by atoms with Crippen molar-refractivity contribution in [3.63, 3.8) is 0 Å². The van der Waals surface area contributed by atoms with E-state index in [1.807, 2.05) is 42.5 Å². The predicted molar refractivity (Wildman–Crippen MR) is 86.9 cm³/mol. The minimum absolute atomic E-state index is 0.0983. The van der Waals surface area contributed by atoms with E-state index in [1.165, 1.54) is 15.3 Å². The molecular formula is C17H21N2OS+. The Labute approximate surface area is 129 Å². The summed E-state index contributed by atoms with van der Waals surface area (Å²) in [5.74, 6) is 0.0983. The van der Waals surface area contributed by atoms with Crippen molar-refractivity contribution in [2.75, 3.05) is 18.4 Å². The average molecular weight is 301 g/mol. The van der Waals surface area contributed by atoms with Gasteiger partial charge in [-0.25, -0.2) is 0 Å². The van der Waals surface area contributed by atoms with Gasteiger partial charge in [0.25, 0.3) is 5.91 Å². The number of quaternary nitrogens is 1. The van der Waals surface area contributed by atoms with Crippen LogP contribution in [0.15, 0.2) is 35.7 Å². The van der Waals surface area contributed by atoms with Crippen molar-refractivity contribution in [1.82, 2.24) is 0 Å². The fourth-order valence-electron chi connectivity index (χ4n) is 3.03. The van der Waals surface area contributed by atoms with Gasteiger partial charge in [0.1, 0.15) is 6.04 Å². The third-order valence-electron chi connectivity index (χ3n) is 4.22. The number of carbonyl (C=O) groups is 1. The van der Waals surface area contributed by atoms with Crippen molar-refractivity contribution >= 4 is 22.9 Å². The van der Waals surface area contributed by atoms with Crippen LogP contribution in [0.3, 0.4) is 0 Å². The fourth-order valence-corrected chi connectivity index (χ4v) is 4.01. The highest BCUT2D eigenvalue weighted by Crippen LogP contribution is 2.24. The molecule has 2 atom stereocenters. The molecule has 0 fully saturated rings. The maximum atomic E-state index is 12.3. The van der Waals surface area contributed by atoms with E-state index in [4.69, 9.17) is 0 Å². The topological polar surface area (TPSA) is 33.5 Å². The standard InChI is InChI=1S/C17H20N2OS/c1-12-4-3-5-14(10-12)18-17(20)11-19-8-6-16-15(13(19)2)7-9-21-16/h3-5,7,9-10,13H,6,8,11H2,1-2H3,(H,18,20)/p+1/t13-/m0/s1. The van der Waals surface area contributed by atoms with Crippen molar-refractivity contribution < 1.29 is 9.69 Å². The van der Waals surface area contributed by atoms with Crippen LogP contribution in [0.5, 0.6) is 0 Å². The smallest absolute Gasteiger partial charge is 0.279 e. The Morgan fingerprint density at radius 2 is 2.29 bits per heavy atom. The lowest BCUT2D eigenvalue weighted by atomic mass is 10.0. The van der Waals surface area contributed by atoms with Crippen LogP contribution >= 0.6 is 11.3 Å². The number of anilines is 1. The van der Waals surface area contributed by atoms with E-state index < -0.39 is 0 Å². The van der Waals surface area contributed by atoms with Crippen molar-refractivity contribution in [3.05, 3.63) is 51.7 Å². The third kappa shape index (κ3) is 3.17. The molecule has 0 spiro atoms. The van der Waals surface area contributed by atoms with Crippen molar-refractivity contribution in [3.8, 4) is 0 Å². The quantitative estimate of drug-likeness (QED) is 0.895. The molecule has 3 rings (SSSR count). The van der Waals surface area contributed by atoms with Gasteiger partial charge in [-0.15, -0.1) is 11.3 Å². The number of rotatable bonds is 3. The number of thiophene rings is 1. The first-order chi connectivity index (χ1) is 10.1. The molecule has 0 aliphatic carbocycles. The Morgan fingerprint density at radius 1 is 1.43 bits per heavy atom. The first-order valence-electron chi connectivity index (χ1n) is 7.41. The molecule has 0 bridgehead atoms. The lowest BCUT2D eigenvalue weighted by Crippen LogP contribution is -3.14. The van der Waals surface area contributed by atoms with Gasteiger partial charge in [0, 0.05) is 22.5 Å². The van der Waals surface area contributed by atoms with Gasteiger partial charge < -0.3 is 10.2 Å². The van der Waals surface area contributed by atoms with E-state index in [-0.39, 0.29) is 5.91 Å². The molecule has 1 amide bonds. The van der Waals surface area contributed by atoms with Crippen LogP contribution in [0.25, 0.3) is 0 Å². The molecule has 2 aromatic rings. The van der Waals surface area contributed by atoms with Gasteiger partial charge in [0.2, 0.25) is 0 Å². The maximum Gasteiger partial charge on any atom is 0.279 e. The SMILES string of the molecule is Cc1cccc(NC(=O)C[NH+]2CCc3sccc3[C@@H]2C)c1. The number of aryl methyl sites for hydroxylation is 1. The summed E-state index contributed by atoms with van der Waals surface area (Å²) >= 11 is 1.84. The summed E-state index contributed by atoms with van der Waals surface area (Å²) < 4.78 is 0. The van der Waals surface area contributed by atoms with Gasteiger partial charge >= 0.3 is 0 Å². The van der Waals surface area contributed by atoms with Crippen LogP contribution in [-0.4, -0.2) is 19.0 Å². The summed E-state index contributed by atoms with van der Waals surface area (Å²) in [6.07, 6.45) is 1.09. The highest BCUT2D eigenvalue weighted by Gasteiger charge is 2.29. The molecule has 0 radical (unpaired) electrons. The number of hydrogen-bond donors (Lipinski definition) is 2. The van der Waals surface area contributed by atoms with Crippen molar-refractivity contribution in [1.29, 1.82) is 0 Å². The molecule has 110 valence electrons. The van der Waals surface area contributed by atoms with E-state index >= 15 is 0 Å². The first-order valence-corrected chi connectivity index (χ1v) is 8.29. The van der Waals surface area contributed by atoms with E-state index in [0.717, 1.165) is 24.2 Å². The first kappa shape index (κ1) is 14.3. The predicted octanol–water partition coefficient (Wildman–Crippen LogP) is 2.20. The fraction of sp³-hybridized carbons (Fsp3) is 0.353. The second-order valence-corrected chi connectivity index (χ2v) is 6.77. The zero-order valence-electron chi connectivity index (χ0n) is 12.5. The van der Waals surface area contributed by atoms with E-state index in [2.05, 4.69) is 23.7 Å². The van der Waals surface area contributed by atoms with Gasteiger partial charge in [0.05, 0.1) is 6.54 Å².